The monoisotopic (exact) mass is 339 g/mol. The lowest BCUT2D eigenvalue weighted by atomic mass is 10.3. The van der Waals surface area contributed by atoms with E-state index in [4.69, 9.17) is 0 Å². The standard InChI is InChI=1S/C13H18BrN5O/c1-4-18-10(6-7-15-18)9-17(3)13(20)12-11(14)8-16-19(12)5-2/h6-8H,4-5,9H2,1-3H3. The molecule has 20 heavy (non-hydrogen) atoms. The summed E-state index contributed by atoms with van der Waals surface area (Å²) in [5.74, 6) is -0.0555. The average molecular weight is 340 g/mol. The van der Waals surface area contributed by atoms with Crippen molar-refractivity contribution in [3.05, 3.63) is 34.3 Å². The van der Waals surface area contributed by atoms with Crippen molar-refractivity contribution in [3.63, 3.8) is 0 Å². The van der Waals surface area contributed by atoms with E-state index < -0.39 is 0 Å². The molecule has 108 valence electrons. The van der Waals surface area contributed by atoms with Crippen molar-refractivity contribution < 1.29 is 4.79 Å². The zero-order valence-electron chi connectivity index (χ0n) is 11.9. The topological polar surface area (TPSA) is 56.0 Å². The van der Waals surface area contributed by atoms with E-state index in [0.717, 1.165) is 16.7 Å². The number of halogens is 1. The number of hydrogen-bond acceptors (Lipinski definition) is 3. The summed E-state index contributed by atoms with van der Waals surface area (Å²) in [5, 5.41) is 8.39. The Balaban J connectivity index is 2.18. The van der Waals surface area contributed by atoms with Crippen LogP contribution in [0.15, 0.2) is 22.9 Å². The zero-order chi connectivity index (χ0) is 14.7. The van der Waals surface area contributed by atoms with E-state index in [0.29, 0.717) is 18.8 Å². The van der Waals surface area contributed by atoms with Crippen LogP contribution in [0.25, 0.3) is 0 Å². The third kappa shape index (κ3) is 2.77. The van der Waals surface area contributed by atoms with Crippen LogP contribution in [-0.4, -0.2) is 37.4 Å². The summed E-state index contributed by atoms with van der Waals surface area (Å²) in [6.45, 7) is 5.96. The Morgan fingerprint density at radius 3 is 2.65 bits per heavy atom. The first-order valence-corrected chi connectivity index (χ1v) is 7.35. The van der Waals surface area contributed by atoms with E-state index in [2.05, 4.69) is 26.1 Å². The highest BCUT2D eigenvalue weighted by Crippen LogP contribution is 2.18. The van der Waals surface area contributed by atoms with Gasteiger partial charge in [-0.15, -0.1) is 0 Å². The van der Waals surface area contributed by atoms with Crippen LogP contribution in [0.4, 0.5) is 0 Å². The predicted molar refractivity (Wildman–Crippen MR) is 79.3 cm³/mol. The minimum Gasteiger partial charge on any atom is -0.334 e. The SMILES string of the molecule is CCn1nccc1CN(C)C(=O)c1c(Br)cnn1CC. The first-order chi connectivity index (χ1) is 9.58. The van der Waals surface area contributed by atoms with Gasteiger partial charge in [-0.1, -0.05) is 0 Å². The molecule has 0 saturated heterocycles. The lowest BCUT2D eigenvalue weighted by molar-refractivity contribution is 0.0768. The minimum absolute atomic E-state index is 0.0555. The van der Waals surface area contributed by atoms with Gasteiger partial charge in [0.15, 0.2) is 0 Å². The number of carbonyl (C=O) groups excluding carboxylic acids is 1. The van der Waals surface area contributed by atoms with Crippen LogP contribution in [-0.2, 0) is 19.6 Å². The normalized spacial score (nSPS) is 10.8. The molecule has 0 fully saturated rings. The van der Waals surface area contributed by atoms with E-state index in [9.17, 15) is 4.79 Å². The van der Waals surface area contributed by atoms with E-state index in [1.807, 2.05) is 24.6 Å². The lowest BCUT2D eigenvalue weighted by Crippen LogP contribution is -2.29. The van der Waals surface area contributed by atoms with Gasteiger partial charge in [0.25, 0.3) is 5.91 Å². The van der Waals surface area contributed by atoms with Crippen LogP contribution in [0.1, 0.15) is 30.0 Å². The molecule has 1 amide bonds. The molecule has 2 heterocycles. The number of nitrogens with zero attached hydrogens (tertiary/aromatic N) is 5. The molecule has 0 spiro atoms. The highest BCUT2D eigenvalue weighted by atomic mass is 79.9. The van der Waals surface area contributed by atoms with E-state index in [-0.39, 0.29) is 5.91 Å². The Labute approximate surface area is 126 Å². The Morgan fingerprint density at radius 1 is 1.30 bits per heavy atom. The number of rotatable bonds is 5. The third-order valence-electron chi connectivity index (χ3n) is 3.15. The lowest BCUT2D eigenvalue weighted by Gasteiger charge is -2.18. The fourth-order valence-corrected chi connectivity index (χ4v) is 2.56. The fraction of sp³-hybridized carbons (Fsp3) is 0.462. The second-order valence-electron chi connectivity index (χ2n) is 4.46. The van der Waals surface area contributed by atoms with E-state index in [1.165, 1.54) is 0 Å². The molecular weight excluding hydrogens is 322 g/mol. The van der Waals surface area contributed by atoms with Gasteiger partial charge in [-0.2, -0.15) is 10.2 Å². The minimum atomic E-state index is -0.0555. The number of amides is 1. The van der Waals surface area contributed by atoms with Crippen LogP contribution >= 0.6 is 15.9 Å². The summed E-state index contributed by atoms with van der Waals surface area (Å²) in [6, 6.07) is 1.93. The number of aromatic nitrogens is 4. The second-order valence-corrected chi connectivity index (χ2v) is 5.31. The van der Waals surface area contributed by atoms with Crippen molar-refractivity contribution in [1.82, 2.24) is 24.5 Å². The van der Waals surface area contributed by atoms with Crippen LogP contribution in [0, 0.1) is 0 Å². The van der Waals surface area contributed by atoms with Gasteiger partial charge < -0.3 is 4.90 Å². The first-order valence-electron chi connectivity index (χ1n) is 6.55. The van der Waals surface area contributed by atoms with Crippen molar-refractivity contribution >= 4 is 21.8 Å². The highest BCUT2D eigenvalue weighted by Gasteiger charge is 2.21. The molecule has 0 aliphatic carbocycles. The molecule has 0 N–H and O–H groups in total. The molecule has 0 saturated carbocycles. The first kappa shape index (κ1) is 14.8. The molecule has 0 unspecified atom stereocenters. The second kappa shape index (κ2) is 6.21. The highest BCUT2D eigenvalue weighted by molar-refractivity contribution is 9.10. The smallest absolute Gasteiger partial charge is 0.273 e. The fourth-order valence-electron chi connectivity index (χ4n) is 2.09. The van der Waals surface area contributed by atoms with E-state index >= 15 is 0 Å². The Morgan fingerprint density at radius 2 is 2.00 bits per heavy atom. The molecule has 0 aliphatic heterocycles. The molecule has 0 atom stereocenters. The maximum absolute atomic E-state index is 12.5. The Bertz CT molecular complexity index is 604. The summed E-state index contributed by atoms with van der Waals surface area (Å²) in [7, 11) is 1.79. The van der Waals surface area contributed by atoms with Gasteiger partial charge in [-0.25, -0.2) is 0 Å². The van der Waals surface area contributed by atoms with Gasteiger partial charge in [-0.3, -0.25) is 14.2 Å². The van der Waals surface area contributed by atoms with Gasteiger partial charge in [0.05, 0.1) is 22.9 Å². The van der Waals surface area contributed by atoms with Gasteiger partial charge in [0.2, 0.25) is 0 Å². The predicted octanol–water partition coefficient (Wildman–Crippen LogP) is 2.15. The molecule has 2 rings (SSSR count). The summed E-state index contributed by atoms with van der Waals surface area (Å²) < 4.78 is 4.30. The maximum Gasteiger partial charge on any atom is 0.273 e. The third-order valence-corrected chi connectivity index (χ3v) is 3.73. The average Bonchev–Trinajstić information content (AvgIpc) is 3.03. The van der Waals surface area contributed by atoms with E-state index in [1.54, 1.807) is 29.0 Å². The molecule has 0 aromatic carbocycles. The molecule has 7 heteroatoms. The molecule has 0 radical (unpaired) electrons. The molecule has 0 bridgehead atoms. The van der Waals surface area contributed by atoms with Gasteiger partial charge >= 0.3 is 0 Å². The molecular formula is C13H18BrN5O. The maximum atomic E-state index is 12.5. The van der Waals surface area contributed by atoms with Crippen LogP contribution in [0.2, 0.25) is 0 Å². The van der Waals surface area contributed by atoms with Crippen molar-refractivity contribution in [1.29, 1.82) is 0 Å². The van der Waals surface area contributed by atoms with Gasteiger partial charge in [0, 0.05) is 26.3 Å². The van der Waals surface area contributed by atoms with Crippen LogP contribution in [0.5, 0.6) is 0 Å². The van der Waals surface area contributed by atoms with Crippen LogP contribution in [0.3, 0.4) is 0 Å². The molecule has 2 aromatic heterocycles. The number of aryl methyl sites for hydroxylation is 2. The van der Waals surface area contributed by atoms with Crippen molar-refractivity contribution in [2.24, 2.45) is 0 Å². The van der Waals surface area contributed by atoms with Gasteiger partial charge in [-0.05, 0) is 35.8 Å². The number of carbonyl (C=O) groups is 1. The van der Waals surface area contributed by atoms with Crippen molar-refractivity contribution in [3.8, 4) is 0 Å². The molecule has 0 aliphatic rings. The Hall–Kier alpha value is -1.63. The van der Waals surface area contributed by atoms with Crippen molar-refractivity contribution in [2.45, 2.75) is 33.5 Å². The molecule has 6 nitrogen and oxygen atoms in total. The zero-order valence-corrected chi connectivity index (χ0v) is 13.5. The quantitative estimate of drug-likeness (QED) is 0.838. The summed E-state index contributed by atoms with van der Waals surface area (Å²) in [6.07, 6.45) is 3.41. The van der Waals surface area contributed by atoms with Crippen LogP contribution < -0.4 is 0 Å². The summed E-state index contributed by atoms with van der Waals surface area (Å²) >= 11 is 3.38. The number of hydrogen-bond donors (Lipinski definition) is 0. The van der Waals surface area contributed by atoms with Crippen molar-refractivity contribution in [2.75, 3.05) is 7.05 Å². The van der Waals surface area contributed by atoms with Gasteiger partial charge in [0.1, 0.15) is 5.69 Å². The molecule has 2 aromatic rings. The Kier molecular flexibility index (Phi) is 4.59. The summed E-state index contributed by atoms with van der Waals surface area (Å²) in [4.78, 5) is 14.2. The largest absolute Gasteiger partial charge is 0.334 e. The summed E-state index contributed by atoms with van der Waals surface area (Å²) in [5.41, 5.74) is 1.60.